The lowest BCUT2D eigenvalue weighted by Gasteiger charge is -2.20. The number of benzene rings is 2. The van der Waals surface area contributed by atoms with E-state index in [1.165, 1.54) is 12.1 Å². The topological polar surface area (TPSA) is 63.7 Å². The zero-order valence-electron chi connectivity index (χ0n) is 12.4. The molecule has 1 saturated heterocycles. The molecule has 1 fully saturated rings. The average Bonchev–Trinajstić information content (AvgIpc) is 3.02. The second-order valence-corrected chi connectivity index (χ2v) is 8.84. The number of nitrogens with zero attached hydrogens (tertiary/aromatic N) is 1. The summed E-state index contributed by atoms with van der Waals surface area (Å²) in [6, 6.07) is 13.6. The van der Waals surface area contributed by atoms with Crippen LogP contribution < -0.4 is 0 Å². The SMILES string of the molecule is Cc1ccc(S(=O)(=O)N2[C@@H]3c4ccccc4C[C@@H]3O[S@@]2=O)cc1. The third kappa shape index (κ3) is 2.27. The van der Waals surface area contributed by atoms with Gasteiger partial charge < -0.3 is 0 Å². The van der Waals surface area contributed by atoms with E-state index in [-0.39, 0.29) is 4.90 Å². The Morgan fingerprint density at radius 1 is 1.13 bits per heavy atom. The Kier molecular flexibility index (Phi) is 3.42. The predicted molar refractivity (Wildman–Crippen MR) is 86.1 cm³/mol. The zero-order valence-corrected chi connectivity index (χ0v) is 14.0. The molecule has 23 heavy (non-hydrogen) atoms. The highest BCUT2D eigenvalue weighted by Gasteiger charge is 2.52. The van der Waals surface area contributed by atoms with Gasteiger partial charge in [-0.3, -0.25) is 4.18 Å². The van der Waals surface area contributed by atoms with E-state index in [1.807, 2.05) is 31.2 Å². The summed E-state index contributed by atoms with van der Waals surface area (Å²) in [5.41, 5.74) is 2.88. The summed E-state index contributed by atoms with van der Waals surface area (Å²) in [7, 11) is -3.89. The minimum atomic E-state index is -3.89. The molecule has 0 bridgehead atoms. The number of rotatable bonds is 2. The summed E-state index contributed by atoms with van der Waals surface area (Å²) < 4.78 is 44.7. The van der Waals surface area contributed by atoms with Crippen LogP contribution in [-0.4, -0.2) is 22.4 Å². The summed E-state index contributed by atoms with van der Waals surface area (Å²) in [5, 5.41) is 0. The largest absolute Gasteiger partial charge is 0.272 e. The van der Waals surface area contributed by atoms with Gasteiger partial charge in [0.2, 0.25) is 0 Å². The van der Waals surface area contributed by atoms with Gasteiger partial charge in [0.1, 0.15) is 6.10 Å². The van der Waals surface area contributed by atoms with Crippen molar-refractivity contribution in [2.75, 3.05) is 0 Å². The molecule has 0 unspecified atom stereocenters. The van der Waals surface area contributed by atoms with E-state index in [2.05, 4.69) is 0 Å². The number of aryl methyl sites for hydroxylation is 1. The van der Waals surface area contributed by atoms with Crippen LogP contribution in [0.3, 0.4) is 0 Å². The molecule has 3 atom stereocenters. The number of hydrogen-bond donors (Lipinski definition) is 0. The molecule has 0 aromatic heterocycles. The Morgan fingerprint density at radius 3 is 2.57 bits per heavy atom. The molecule has 2 aromatic carbocycles. The van der Waals surface area contributed by atoms with Crippen LogP contribution >= 0.6 is 0 Å². The van der Waals surface area contributed by atoms with E-state index in [9.17, 15) is 12.6 Å². The van der Waals surface area contributed by atoms with Crippen molar-refractivity contribution in [2.24, 2.45) is 0 Å². The molecule has 0 spiro atoms. The molecule has 1 aliphatic heterocycles. The Morgan fingerprint density at radius 2 is 1.83 bits per heavy atom. The third-order valence-corrected chi connectivity index (χ3v) is 7.74. The lowest BCUT2D eigenvalue weighted by Crippen LogP contribution is -2.32. The van der Waals surface area contributed by atoms with E-state index in [0.717, 1.165) is 20.4 Å². The van der Waals surface area contributed by atoms with Gasteiger partial charge in [-0.05, 0) is 30.2 Å². The number of sulfonamides is 1. The fraction of sp³-hybridized carbons (Fsp3) is 0.250. The first-order valence-corrected chi connectivity index (χ1v) is 9.73. The lowest BCUT2D eigenvalue weighted by atomic mass is 10.1. The Hall–Kier alpha value is -1.54. The molecular formula is C16H15NO4S2. The van der Waals surface area contributed by atoms with E-state index < -0.39 is 33.4 Å². The van der Waals surface area contributed by atoms with E-state index in [4.69, 9.17) is 4.18 Å². The molecule has 0 N–H and O–H groups in total. The standard InChI is InChI=1S/C16H15NO4S2/c1-11-6-8-13(9-7-11)23(19,20)17-16-14-5-3-2-4-12(14)10-15(16)21-22(17)18/h2-9,15-16H,10H2,1H3/t15-,16+,22-/m0/s1. The maximum absolute atomic E-state index is 13.0. The van der Waals surface area contributed by atoms with Crippen molar-refractivity contribution in [2.45, 2.75) is 30.4 Å². The van der Waals surface area contributed by atoms with Crippen LogP contribution in [0.15, 0.2) is 53.4 Å². The van der Waals surface area contributed by atoms with Gasteiger partial charge in [-0.2, -0.15) is 0 Å². The van der Waals surface area contributed by atoms with Crippen molar-refractivity contribution in [3.8, 4) is 0 Å². The maximum Gasteiger partial charge on any atom is 0.256 e. The van der Waals surface area contributed by atoms with Gasteiger partial charge in [0.15, 0.2) is 0 Å². The van der Waals surface area contributed by atoms with Gasteiger partial charge in [-0.15, -0.1) is 0 Å². The summed E-state index contributed by atoms with van der Waals surface area (Å²) >= 11 is -2.01. The number of fused-ring (bicyclic) bond motifs is 3. The summed E-state index contributed by atoms with van der Waals surface area (Å²) in [5.74, 6) is 0. The second-order valence-electron chi connectivity index (χ2n) is 5.77. The van der Waals surface area contributed by atoms with Crippen molar-refractivity contribution in [1.29, 1.82) is 0 Å². The molecule has 0 radical (unpaired) electrons. The maximum atomic E-state index is 13.0. The quantitative estimate of drug-likeness (QED) is 0.834. The third-order valence-electron chi connectivity index (χ3n) is 4.28. The van der Waals surface area contributed by atoms with Gasteiger partial charge in [0.25, 0.3) is 21.3 Å². The first-order chi connectivity index (χ1) is 11.0. The van der Waals surface area contributed by atoms with Crippen molar-refractivity contribution < 1.29 is 16.8 Å². The molecule has 0 saturated carbocycles. The molecule has 1 heterocycles. The normalized spacial score (nSPS) is 26.9. The van der Waals surface area contributed by atoms with Crippen molar-refractivity contribution >= 4 is 21.3 Å². The van der Waals surface area contributed by atoms with Gasteiger partial charge in [0, 0.05) is 6.42 Å². The predicted octanol–water partition coefficient (Wildman–Crippen LogP) is 2.26. The molecule has 5 nitrogen and oxygen atoms in total. The lowest BCUT2D eigenvalue weighted by molar-refractivity contribution is 0.230. The molecule has 120 valence electrons. The highest BCUT2D eigenvalue weighted by molar-refractivity contribution is 7.99. The van der Waals surface area contributed by atoms with Crippen LogP contribution in [0, 0.1) is 6.92 Å². The van der Waals surface area contributed by atoms with Crippen LogP contribution in [0.4, 0.5) is 0 Å². The van der Waals surface area contributed by atoms with Gasteiger partial charge in [0.05, 0.1) is 10.9 Å². The van der Waals surface area contributed by atoms with E-state index in [1.54, 1.807) is 12.1 Å². The van der Waals surface area contributed by atoms with Gasteiger partial charge >= 0.3 is 0 Å². The smallest absolute Gasteiger partial charge is 0.256 e. The van der Waals surface area contributed by atoms with Gasteiger partial charge in [-0.25, -0.2) is 12.6 Å². The Bertz CT molecular complexity index is 893. The van der Waals surface area contributed by atoms with Gasteiger partial charge in [-0.1, -0.05) is 45.7 Å². The number of hydrogen-bond acceptors (Lipinski definition) is 4. The fourth-order valence-electron chi connectivity index (χ4n) is 3.16. The highest BCUT2D eigenvalue weighted by atomic mass is 32.3. The minimum Gasteiger partial charge on any atom is -0.272 e. The zero-order chi connectivity index (χ0) is 16.2. The summed E-state index contributed by atoms with van der Waals surface area (Å²) in [6.07, 6.45) is 0.181. The molecule has 4 rings (SSSR count). The molecule has 2 aliphatic rings. The Balaban J connectivity index is 1.81. The van der Waals surface area contributed by atoms with Crippen LogP contribution in [-0.2, 0) is 31.9 Å². The molecule has 0 amide bonds. The molecule has 1 aliphatic carbocycles. The van der Waals surface area contributed by atoms with Crippen LogP contribution in [0.1, 0.15) is 22.7 Å². The molecule has 7 heteroatoms. The second kappa shape index (κ2) is 5.24. The van der Waals surface area contributed by atoms with Crippen LogP contribution in [0.2, 0.25) is 0 Å². The van der Waals surface area contributed by atoms with E-state index in [0.29, 0.717) is 6.42 Å². The van der Waals surface area contributed by atoms with Crippen molar-refractivity contribution in [3.63, 3.8) is 0 Å². The summed E-state index contributed by atoms with van der Waals surface area (Å²) in [6.45, 7) is 1.89. The summed E-state index contributed by atoms with van der Waals surface area (Å²) in [4.78, 5) is 0.130. The molecular weight excluding hydrogens is 334 g/mol. The van der Waals surface area contributed by atoms with E-state index >= 15 is 0 Å². The highest BCUT2D eigenvalue weighted by Crippen LogP contribution is 2.46. The van der Waals surface area contributed by atoms with Crippen LogP contribution in [0.25, 0.3) is 0 Å². The van der Waals surface area contributed by atoms with Crippen molar-refractivity contribution in [3.05, 3.63) is 65.2 Å². The van der Waals surface area contributed by atoms with Crippen molar-refractivity contribution in [1.82, 2.24) is 3.71 Å². The Labute approximate surface area is 137 Å². The molecule has 2 aromatic rings. The average molecular weight is 349 g/mol. The minimum absolute atomic E-state index is 0.130. The fourth-order valence-corrected chi connectivity index (χ4v) is 6.30. The first-order valence-electron chi connectivity index (χ1n) is 7.26. The first kappa shape index (κ1) is 15.0. The van der Waals surface area contributed by atoms with Crippen LogP contribution in [0.5, 0.6) is 0 Å². The monoisotopic (exact) mass is 349 g/mol.